The zero-order chi connectivity index (χ0) is 13.7. The number of nitriles is 1. The van der Waals surface area contributed by atoms with E-state index in [-0.39, 0.29) is 6.61 Å². The highest BCUT2D eigenvalue weighted by Crippen LogP contribution is 2.24. The molecule has 96 valence electrons. The summed E-state index contributed by atoms with van der Waals surface area (Å²) in [4.78, 5) is 14.7. The van der Waals surface area contributed by atoms with Gasteiger partial charge in [0.1, 0.15) is 12.7 Å². The van der Waals surface area contributed by atoms with Gasteiger partial charge in [-0.2, -0.15) is 5.26 Å². The first-order valence-electron chi connectivity index (χ1n) is 5.66. The normalized spacial score (nSPS) is 9.84. The molecule has 1 aromatic carbocycles. The van der Waals surface area contributed by atoms with Crippen LogP contribution in [0.5, 0.6) is 0 Å². The van der Waals surface area contributed by atoms with Crippen LogP contribution in [0.3, 0.4) is 0 Å². The molecule has 0 radical (unpaired) electrons. The number of ether oxygens (including phenoxy) is 1. The van der Waals surface area contributed by atoms with Crippen molar-refractivity contribution in [1.29, 1.82) is 5.26 Å². The standard InChI is InChI=1S/C13H12N4O2/c14-7-9-8-17-11-4-2-1-3-10(11)12(9)16-5-6-19-13(15)18/h1-4,8H,5-6H2,(H2,15,18)(H,16,17). The van der Waals surface area contributed by atoms with E-state index >= 15 is 0 Å². The van der Waals surface area contributed by atoms with Crippen LogP contribution in [0, 0.1) is 11.3 Å². The van der Waals surface area contributed by atoms with Gasteiger partial charge in [0.25, 0.3) is 0 Å². The second kappa shape index (κ2) is 5.69. The molecule has 0 atom stereocenters. The van der Waals surface area contributed by atoms with E-state index in [1.165, 1.54) is 6.20 Å². The molecule has 0 spiro atoms. The van der Waals surface area contributed by atoms with Gasteiger partial charge in [-0.1, -0.05) is 18.2 Å². The molecule has 6 heteroatoms. The van der Waals surface area contributed by atoms with Crippen LogP contribution in [0.25, 0.3) is 10.9 Å². The van der Waals surface area contributed by atoms with Crippen molar-refractivity contribution in [1.82, 2.24) is 4.98 Å². The fourth-order valence-corrected chi connectivity index (χ4v) is 1.74. The number of hydrogen-bond donors (Lipinski definition) is 2. The Hall–Kier alpha value is -2.81. The first-order chi connectivity index (χ1) is 9.22. The molecular formula is C13H12N4O2. The number of anilines is 1. The number of carbonyl (C=O) groups excluding carboxylic acids is 1. The number of nitrogens with zero attached hydrogens (tertiary/aromatic N) is 2. The third-order valence-electron chi connectivity index (χ3n) is 2.54. The number of nitrogens with two attached hydrogens (primary N) is 1. The largest absolute Gasteiger partial charge is 0.448 e. The molecule has 0 fully saturated rings. The number of benzene rings is 1. The lowest BCUT2D eigenvalue weighted by Gasteiger charge is -2.10. The van der Waals surface area contributed by atoms with Gasteiger partial charge in [-0.3, -0.25) is 4.98 Å². The quantitative estimate of drug-likeness (QED) is 0.809. The maximum atomic E-state index is 10.5. The second-order valence-electron chi connectivity index (χ2n) is 3.77. The maximum absolute atomic E-state index is 10.5. The average molecular weight is 256 g/mol. The smallest absolute Gasteiger partial charge is 0.404 e. The molecule has 0 unspecified atom stereocenters. The Kier molecular flexibility index (Phi) is 3.78. The van der Waals surface area contributed by atoms with Crippen molar-refractivity contribution in [2.75, 3.05) is 18.5 Å². The van der Waals surface area contributed by atoms with Gasteiger partial charge < -0.3 is 15.8 Å². The zero-order valence-electron chi connectivity index (χ0n) is 10.1. The Morgan fingerprint density at radius 1 is 1.47 bits per heavy atom. The van der Waals surface area contributed by atoms with E-state index < -0.39 is 6.09 Å². The first kappa shape index (κ1) is 12.6. The molecule has 0 aliphatic rings. The van der Waals surface area contributed by atoms with E-state index in [1.807, 2.05) is 24.3 Å². The van der Waals surface area contributed by atoms with Gasteiger partial charge in [-0.05, 0) is 6.07 Å². The van der Waals surface area contributed by atoms with E-state index in [4.69, 9.17) is 11.0 Å². The number of amides is 1. The topological polar surface area (TPSA) is 101 Å². The maximum Gasteiger partial charge on any atom is 0.404 e. The predicted molar refractivity (Wildman–Crippen MR) is 70.5 cm³/mol. The highest BCUT2D eigenvalue weighted by Gasteiger charge is 2.07. The molecule has 3 N–H and O–H groups in total. The molecule has 1 amide bonds. The Labute approximate surface area is 109 Å². The van der Waals surface area contributed by atoms with Crippen molar-refractivity contribution in [2.24, 2.45) is 5.73 Å². The van der Waals surface area contributed by atoms with Gasteiger partial charge in [0.2, 0.25) is 0 Å². The minimum atomic E-state index is -0.818. The Morgan fingerprint density at radius 2 is 2.26 bits per heavy atom. The monoisotopic (exact) mass is 256 g/mol. The molecule has 0 bridgehead atoms. The summed E-state index contributed by atoms with van der Waals surface area (Å²) in [7, 11) is 0. The summed E-state index contributed by atoms with van der Waals surface area (Å²) in [6, 6.07) is 9.57. The number of nitrogens with one attached hydrogen (secondary N) is 1. The lowest BCUT2D eigenvalue weighted by atomic mass is 10.1. The Morgan fingerprint density at radius 3 is 3.00 bits per heavy atom. The molecule has 0 saturated heterocycles. The summed E-state index contributed by atoms with van der Waals surface area (Å²) in [6.07, 6.45) is 0.696. The van der Waals surface area contributed by atoms with Crippen LogP contribution < -0.4 is 11.1 Å². The van der Waals surface area contributed by atoms with Crippen LogP contribution >= 0.6 is 0 Å². The van der Waals surface area contributed by atoms with Gasteiger partial charge in [-0.15, -0.1) is 0 Å². The first-order valence-corrected chi connectivity index (χ1v) is 5.66. The number of carbonyl (C=O) groups is 1. The average Bonchev–Trinajstić information content (AvgIpc) is 2.43. The molecule has 2 rings (SSSR count). The summed E-state index contributed by atoms with van der Waals surface area (Å²) < 4.78 is 4.63. The molecular weight excluding hydrogens is 244 g/mol. The highest BCUT2D eigenvalue weighted by molar-refractivity contribution is 5.93. The minimum Gasteiger partial charge on any atom is -0.448 e. The highest BCUT2D eigenvalue weighted by atomic mass is 16.5. The second-order valence-corrected chi connectivity index (χ2v) is 3.77. The summed E-state index contributed by atoms with van der Waals surface area (Å²) in [5, 5.41) is 13.0. The van der Waals surface area contributed by atoms with Gasteiger partial charge in [0, 0.05) is 18.1 Å². The van der Waals surface area contributed by atoms with E-state index in [0.717, 1.165) is 10.9 Å². The fraction of sp³-hybridized carbons (Fsp3) is 0.154. The van der Waals surface area contributed by atoms with E-state index in [0.29, 0.717) is 17.8 Å². The van der Waals surface area contributed by atoms with Crippen LogP contribution in [0.2, 0.25) is 0 Å². The third-order valence-corrected chi connectivity index (χ3v) is 2.54. The predicted octanol–water partition coefficient (Wildman–Crippen LogP) is 1.61. The number of rotatable bonds is 4. The molecule has 1 heterocycles. The van der Waals surface area contributed by atoms with Gasteiger partial charge >= 0.3 is 6.09 Å². The van der Waals surface area contributed by atoms with E-state index in [1.54, 1.807) is 0 Å². The lowest BCUT2D eigenvalue weighted by Crippen LogP contribution is -2.18. The molecule has 19 heavy (non-hydrogen) atoms. The zero-order valence-corrected chi connectivity index (χ0v) is 10.1. The number of para-hydroxylation sites is 1. The van der Waals surface area contributed by atoms with Gasteiger partial charge in [0.05, 0.1) is 16.8 Å². The third kappa shape index (κ3) is 2.90. The van der Waals surface area contributed by atoms with Crippen molar-refractivity contribution >= 4 is 22.7 Å². The van der Waals surface area contributed by atoms with Crippen LogP contribution in [-0.2, 0) is 4.74 Å². The van der Waals surface area contributed by atoms with Gasteiger partial charge in [0.15, 0.2) is 0 Å². The van der Waals surface area contributed by atoms with Crippen LogP contribution in [0.15, 0.2) is 30.5 Å². The van der Waals surface area contributed by atoms with Crippen molar-refractivity contribution in [2.45, 2.75) is 0 Å². The van der Waals surface area contributed by atoms with Crippen LogP contribution in [0.1, 0.15) is 5.56 Å². The number of primary amides is 1. The summed E-state index contributed by atoms with van der Waals surface area (Å²) in [5.74, 6) is 0. The van der Waals surface area contributed by atoms with Crippen LogP contribution in [-0.4, -0.2) is 24.2 Å². The van der Waals surface area contributed by atoms with Crippen molar-refractivity contribution in [3.05, 3.63) is 36.0 Å². The Balaban J connectivity index is 2.24. The number of aromatic nitrogens is 1. The minimum absolute atomic E-state index is 0.136. The fourth-order valence-electron chi connectivity index (χ4n) is 1.74. The number of fused-ring (bicyclic) bond motifs is 1. The lowest BCUT2D eigenvalue weighted by molar-refractivity contribution is 0.161. The van der Waals surface area contributed by atoms with E-state index in [9.17, 15) is 4.79 Å². The number of pyridine rings is 1. The summed E-state index contributed by atoms with van der Waals surface area (Å²) >= 11 is 0. The summed E-state index contributed by atoms with van der Waals surface area (Å²) in [6.45, 7) is 0.502. The molecule has 1 aromatic heterocycles. The van der Waals surface area contributed by atoms with Crippen molar-refractivity contribution < 1.29 is 9.53 Å². The molecule has 0 saturated carbocycles. The summed E-state index contributed by atoms with van der Waals surface area (Å²) in [5.41, 5.74) is 6.78. The van der Waals surface area contributed by atoms with Crippen LogP contribution in [0.4, 0.5) is 10.5 Å². The molecule has 2 aromatic rings. The number of hydrogen-bond acceptors (Lipinski definition) is 5. The van der Waals surface area contributed by atoms with Gasteiger partial charge in [-0.25, -0.2) is 4.79 Å². The Bertz CT molecular complexity index is 649. The molecule has 0 aliphatic carbocycles. The van der Waals surface area contributed by atoms with Crippen molar-refractivity contribution in [3.8, 4) is 6.07 Å². The van der Waals surface area contributed by atoms with Crippen molar-refractivity contribution in [3.63, 3.8) is 0 Å². The van der Waals surface area contributed by atoms with E-state index in [2.05, 4.69) is 21.1 Å². The molecule has 0 aliphatic heterocycles. The SMILES string of the molecule is N#Cc1cnc2ccccc2c1NCCOC(N)=O. The molecule has 6 nitrogen and oxygen atoms in total.